The molecule has 1 N–H and O–H groups in total. The van der Waals surface area contributed by atoms with E-state index in [2.05, 4.69) is 10.1 Å². The van der Waals surface area contributed by atoms with Crippen LogP contribution in [0, 0.1) is 0 Å². The van der Waals surface area contributed by atoms with E-state index in [1.54, 1.807) is 0 Å². The first-order valence-electron chi connectivity index (χ1n) is 8.10. The van der Waals surface area contributed by atoms with Crippen LogP contribution >= 0.6 is 11.8 Å². The van der Waals surface area contributed by atoms with Crippen molar-refractivity contribution in [2.75, 3.05) is 12.4 Å². The fourth-order valence-corrected chi connectivity index (χ4v) is 2.94. The molecular weight excluding hydrogens is 395 g/mol. The van der Waals surface area contributed by atoms with Gasteiger partial charge in [0, 0.05) is 17.1 Å². The number of alkyl halides is 3. The van der Waals surface area contributed by atoms with Gasteiger partial charge in [-0.2, -0.15) is 13.2 Å². The Kier molecular flexibility index (Phi) is 7.62. The molecule has 0 atom stereocenters. The Balaban J connectivity index is 1.74. The zero-order valence-electron chi connectivity index (χ0n) is 14.5. The number of nitrogens with one attached hydrogen (secondary N) is 1. The normalized spacial score (nSPS) is 11.0. The second-order valence-electron chi connectivity index (χ2n) is 5.54. The zero-order valence-corrected chi connectivity index (χ0v) is 15.3. The maximum atomic E-state index is 12.6. The van der Waals surface area contributed by atoms with Crippen molar-refractivity contribution in [1.29, 1.82) is 0 Å². The van der Waals surface area contributed by atoms with E-state index in [0.717, 1.165) is 23.1 Å². The summed E-state index contributed by atoms with van der Waals surface area (Å²) in [4.78, 5) is 36.1. The van der Waals surface area contributed by atoms with E-state index >= 15 is 0 Å². The quantitative estimate of drug-likeness (QED) is 0.556. The first-order valence-corrected chi connectivity index (χ1v) is 9.09. The van der Waals surface area contributed by atoms with Crippen LogP contribution < -0.4 is 5.32 Å². The third-order valence-corrected chi connectivity index (χ3v) is 4.39. The van der Waals surface area contributed by atoms with E-state index < -0.39 is 36.1 Å². The fourth-order valence-electron chi connectivity index (χ4n) is 2.07. The van der Waals surface area contributed by atoms with Gasteiger partial charge in [-0.3, -0.25) is 14.9 Å². The summed E-state index contributed by atoms with van der Waals surface area (Å²) in [7, 11) is 0. The van der Waals surface area contributed by atoms with Gasteiger partial charge in [-0.25, -0.2) is 4.79 Å². The zero-order chi connectivity index (χ0) is 20.6. The van der Waals surface area contributed by atoms with Crippen LogP contribution in [0.3, 0.4) is 0 Å². The Labute approximate surface area is 163 Å². The first kappa shape index (κ1) is 21.5. The molecule has 0 spiro atoms. The molecule has 2 amide bonds. The van der Waals surface area contributed by atoms with Crippen molar-refractivity contribution >= 4 is 29.5 Å². The summed E-state index contributed by atoms with van der Waals surface area (Å²) in [6.45, 7) is -0.771. The molecular formula is C19H16F3NO4S. The van der Waals surface area contributed by atoms with Crippen LogP contribution in [0.5, 0.6) is 0 Å². The lowest BCUT2D eigenvalue weighted by atomic mass is 10.1. The van der Waals surface area contributed by atoms with Crippen molar-refractivity contribution < 1.29 is 32.3 Å². The molecule has 2 aromatic rings. The first-order chi connectivity index (χ1) is 13.3. The molecule has 2 rings (SSSR count). The van der Waals surface area contributed by atoms with Gasteiger partial charge in [0.05, 0.1) is 11.1 Å². The summed E-state index contributed by atoms with van der Waals surface area (Å²) < 4.78 is 42.6. The Bertz CT molecular complexity index is 841. The molecule has 0 radical (unpaired) electrons. The van der Waals surface area contributed by atoms with Gasteiger partial charge in [0.25, 0.3) is 5.91 Å². The van der Waals surface area contributed by atoms with E-state index in [1.807, 2.05) is 30.3 Å². The fraction of sp³-hybridized carbons (Fsp3) is 0.211. The number of esters is 1. The lowest BCUT2D eigenvalue weighted by Gasteiger charge is -2.09. The number of carbonyl (C=O) groups excluding carboxylic acids is 3. The molecule has 0 saturated carbocycles. The van der Waals surface area contributed by atoms with Gasteiger partial charge >= 0.3 is 12.1 Å². The molecule has 0 aliphatic heterocycles. The Morgan fingerprint density at radius 1 is 0.964 bits per heavy atom. The van der Waals surface area contributed by atoms with Crippen molar-refractivity contribution in [1.82, 2.24) is 5.32 Å². The van der Waals surface area contributed by atoms with E-state index in [1.165, 1.54) is 11.8 Å². The Morgan fingerprint density at radius 3 is 2.36 bits per heavy atom. The highest BCUT2D eigenvalue weighted by Crippen LogP contribution is 2.29. The molecule has 148 valence electrons. The molecule has 0 fully saturated rings. The lowest BCUT2D eigenvalue weighted by Crippen LogP contribution is -2.34. The summed E-state index contributed by atoms with van der Waals surface area (Å²) in [5, 5.41) is 2.06. The van der Waals surface area contributed by atoms with Crippen LogP contribution in [0.4, 0.5) is 13.2 Å². The topological polar surface area (TPSA) is 72.5 Å². The number of hydrogen-bond acceptors (Lipinski definition) is 5. The molecule has 0 unspecified atom stereocenters. The monoisotopic (exact) mass is 411 g/mol. The summed E-state index contributed by atoms with van der Waals surface area (Å²) >= 11 is 1.45. The predicted octanol–water partition coefficient (Wildman–Crippen LogP) is 3.69. The van der Waals surface area contributed by atoms with E-state index in [-0.39, 0.29) is 12.0 Å². The van der Waals surface area contributed by atoms with Gasteiger partial charge in [-0.1, -0.05) is 24.3 Å². The summed E-state index contributed by atoms with van der Waals surface area (Å²) in [5.74, 6) is -2.03. The average molecular weight is 411 g/mol. The van der Waals surface area contributed by atoms with Gasteiger partial charge in [-0.15, -0.1) is 11.8 Å². The molecule has 0 aliphatic rings. The Hall–Kier alpha value is -2.81. The minimum atomic E-state index is -4.60. The van der Waals surface area contributed by atoms with Crippen molar-refractivity contribution in [2.24, 2.45) is 0 Å². The maximum absolute atomic E-state index is 12.6. The number of benzene rings is 2. The number of amides is 2. The summed E-state index contributed by atoms with van der Waals surface area (Å²) in [5.41, 5.74) is -1.34. The van der Waals surface area contributed by atoms with Crippen molar-refractivity contribution in [3.05, 3.63) is 65.7 Å². The van der Waals surface area contributed by atoms with Gasteiger partial charge in [0.2, 0.25) is 5.91 Å². The maximum Gasteiger partial charge on any atom is 0.416 e. The summed E-state index contributed by atoms with van der Waals surface area (Å²) in [6, 6.07) is 13.0. The van der Waals surface area contributed by atoms with Gasteiger partial charge < -0.3 is 4.74 Å². The molecule has 2 aromatic carbocycles. The van der Waals surface area contributed by atoms with Gasteiger partial charge in [0.15, 0.2) is 6.61 Å². The molecule has 0 heterocycles. The SMILES string of the molecule is O=C(CCSc1ccccc1)NC(=O)COC(=O)c1cccc(C(F)(F)F)c1. The standard InChI is InChI=1S/C19H16F3NO4S/c20-19(21,22)14-6-4-5-13(11-14)18(26)27-12-17(25)23-16(24)9-10-28-15-7-2-1-3-8-15/h1-8,11H,9-10,12H2,(H,23,24,25). The number of imide groups is 1. The average Bonchev–Trinajstić information content (AvgIpc) is 2.66. The molecule has 0 bridgehead atoms. The number of hydrogen-bond donors (Lipinski definition) is 1. The molecule has 9 heteroatoms. The molecule has 0 aliphatic carbocycles. The van der Waals surface area contributed by atoms with E-state index in [0.29, 0.717) is 11.8 Å². The largest absolute Gasteiger partial charge is 0.452 e. The van der Waals surface area contributed by atoms with Crippen LogP contribution in [0.2, 0.25) is 0 Å². The van der Waals surface area contributed by atoms with Crippen molar-refractivity contribution in [2.45, 2.75) is 17.5 Å². The van der Waals surface area contributed by atoms with Crippen LogP contribution in [0.15, 0.2) is 59.5 Å². The Morgan fingerprint density at radius 2 is 1.68 bits per heavy atom. The highest BCUT2D eigenvalue weighted by molar-refractivity contribution is 7.99. The number of ether oxygens (including phenoxy) is 1. The molecule has 0 saturated heterocycles. The third-order valence-electron chi connectivity index (χ3n) is 3.38. The van der Waals surface area contributed by atoms with Crippen molar-refractivity contribution in [3.63, 3.8) is 0 Å². The minimum absolute atomic E-state index is 0.0763. The van der Waals surface area contributed by atoms with Crippen LogP contribution in [0.25, 0.3) is 0 Å². The predicted molar refractivity (Wildman–Crippen MR) is 96.7 cm³/mol. The smallest absolute Gasteiger partial charge is 0.416 e. The minimum Gasteiger partial charge on any atom is -0.452 e. The number of thioether (sulfide) groups is 1. The highest BCUT2D eigenvalue weighted by Gasteiger charge is 2.31. The molecule has 5 nitrogen and oxygen atoms in total. The van der Waals surface area contributed by atoms with Crippen molar-refractivity contribution in [3.8, 4) is 0 Å². The third kappa shape index (κ3) is 7.07. The van der Waals surface area contributed by atoms with Gasteiger partial charge in [0.1, 0.15) is 0 Å². The van der Waals surface area contributed by atoms with Crippen LogP contribution in [0.1, 0.15) is 22.3 Å². The van der Waals surface area contributed by atoms with Gasteiger partial charge in [-0.05, 0) is 30.3 Å². The number of rotatable bonds is 7. The number of carbonyl (C=O) groups is 3. The molecule has 28 heavy (non-hydrogen) atoms. The lowest BCUT2D eigenvalue weighted by molar-refractivity contribution is -0.137. The van der Waals surface area contributed by atoms with E-state index in [4.69, 9.17) is 0 Å². The second-order valence-corrected chi connectivity index (χ2v) is 6.71. The van der Waals surface area contributed by atoms with Crippen LogP contribution in [-0.4, -0.2) is 30.1 Å². The van der Waals surface area contributed by atoms with E-state index in [9.17, 15) is 27.6 Å². The summed E-state index contributed by atoms with van der Waals surface area (Å²) in [6.07, 6.45) is -4.52. The number of halogens is 3. The second kappa shape index (κ2) is 9.93. The highest BCUT2D eigenvalue weighted by atomic mass is 32.2. The molecule has 0 aromatic heterocycles. The van der Waals surface area contributed by atoms with Crippen LogP contribution in [-0.2, 0) is 20.5 Å².